The van der Waals surface area contributed by atoms with Gasteiger partial charge in [0.25, 0.3) is 12.6 Å². The van der Waals surface area contributed by atoms with Crippen molar-refractivity contribution in [1.82, 2.24) is 38.8 Å². The van der Waals surface area contributed by atoms with Crippen LogP contribution < -0.4 is 0 Å². The number of aryl methyl sites for hydroxylation is 1. The van der Waals surface area contributed by atoms with Gasteiger partial charge in [0.05, 0.1) is 29.7 Å². The molecule has 5 heterocycles. The third-order valence-electron chi connectivity index (χ3n) is 6.26. The molecule has 0 saturated carbocycles. The lowest BCUT2D eigenvalue weighted by molar-refractivity contribution is -0.0382. The van der Waals surface area contributed by atoms with Crippen molar-refractivity contribution in [3.63, 3.8) is 0 Å². The smallest absolute Gasteiger partial charge is 0.275 e. The summed E-state index contributed by atoms with van der Waals surface area (Å²) in [6.07, 6.45) is 11.5. The molecule has 5 rings (SSSR count). The van der Waals surface area contributed by atoms with Crippen LogP contribution in [0.25, 0.3) is 33.1 Å². The predicted molar refractivity (Wildman–Crippen MR) is 124 cm³/mol. The van der Waals surface area contributed by atoms with Gasteiger partial charge in [-0.25, -0.2) is 18.7 Å². The standard InChI is InChI=1S/C23H26F2N9/c1-3-26-5-4-23(15-32(16-23)19(9-24)10-25)34-14-18(12-29-34)22-30-20(17-11-28-31(2)13-17)8-21-27-6-7-33(21)22/h6-8,11-14,19H,3-4,9-10,15-16H2,1-2H3/q+1. The topological polar surface area (TPSA) is 73.4 Å². The van der Waals surface area contributed by atoms with Crippen LogP contribution >= 0.6 is 0 Å². The summed E-state index contributed by atoms with van der Waals surface area (Å²) in [5.74, 6) is 0.697. The molecular weight excluding hydrogens is 440 g/mol. The van der Waals surface area contributed by atoms with Crippen molar-refractivity contribution in [3.8, 4) is 28.7 Å². The van der Waals surface area contributed by atoms with Gasteiger partial charge in [-0.2, -0.15) is 10.2 Å². The summed E-state index contributed by atoms with van der Waals surface area (Å²) in [5, 5.41) is 8.89. The highest BCUT2D eigenvalue weighted by atomic mass is 19.1. The van der Waals surface area contributed by atoms with Gasteiger partial charge in [0, 0.05) is 63.5 Å². The Morgan fingerprint density at radius 3 is 2.65 bits per heavy atom. The van der Waals surface area contributed by atoms with E-state index in [0.717, 1.165) is 22.5 Å². The zero-order valence-corrected chi connectivity index (χ0v) is 19.1. The van der Waals surface area contributed by atoms with E-state index in [0.29, 0.717) is 31.9 Å². The summed E-state index contributed by atoms with van der Waals surface area (Å²) in [4.78, 5) is 15.4. The molecule has 1 saturated heterocycles. The molecule has 0 radical (unpaired) electrons. The van der Waals surface area contributed by atoms with Crippen LogP contribution in [0.5, 0.6) is 0 Å². The van der Waals surface area contributed by atoms with E-state index in [-0.39, 0.29) is 0 Å². The zero-order chi connectivity index (χ0) is 23.7. The summed E-state index contributed by atoms with van der Waals surface area (Å²) >= 11 is 0. The fourth-order valence-corrected chi connectivity index (χ4v) is 4.38. The first-order chi connectivity index (χ1) is 16.6. The van der Waals surface area contributed by atoms with Gasteiger partial charge in [-0.1, -0.05) is 4.85 Å². The number of hydrogen-bond acceptors (Lipinski definition) is 5. The summed E-state index contributed by atoms with van der Waals surface area (Å²) in [5.41, 5.74) is 2.76. The number of aromatic nitrogens is 7. The number of imidazole rings is 1. The Morgan fingerprint density at radius 1 is 1.15 bits per heavy atom. The quantitative estimate of drug-likeness (QED) is 0.419. The Morgan fingerprint density at radius 2 is 1.94 bits per heavy atom. The largest absolute Gasteiger partial charge is 0.290 e. The van der Waals surface area contributed by atoms with Gasteiger partial charge in [-0.05, 0) is 0 Å². The molecule has 1 fully saturated rings. The molecule has 34 heavy (non-hydrogen) atoms. The highest BCUT2D eigenvalue weighted by Crippen LogP contribution is 2.35. The van der Waals surface area contributed by atoms with Crippen molar-refractivity contribution in [2.75, 3.05) is 33.0 Å². The van der Waals surface area contributed by atoms with Crippen LogP contribution in [-0.2, 0) is 12.6 Å². The van der Waals surface area contributed by atoms with Crippen LogP contribution in [0.15, 0.2) is 43.2 Å². The molecule has 0 N–H and O–H groups in total. The van der Waals surface area contributed by atoms with Crippen molar-refractivity contribution in [1.29, 1.82) is 0 Å². The molecule has 1 aliphatic heterocycles. The molecule has 0 spiro atoms. The van der Waals surface area contributed by atoms with Gasteiger partial charge in [-0.3, -0.25) is 18.7 Å². The maximum Gasteiger partial charge on any atom is 0.275 e. The fourth-order valence-electron chi connectivity index (χ4n) is 4.38. The van der Waals surface area contributed by atoms with Crippen LogP contribution in [0.1, 0.15) is 13.3 Å². The molecule has 176 valence electrons. The van der Waals surface area contributed by atoms with Crippen LogP contribution in [0.3, 0.4) is 0 Å². The maximum absolute atomic E-state index is 13.3. The lowest BCUT2D eigenvalue weighted by Gasteiger charge is -2.50. The Kier molecular flexibility index (Phi) is 5.83. The molecule has 11 heteroatoms. The van der Waals surface area contributed by atoms with Crippen LogP contribution in [-0.4, -0.2) is 77.9 Å². The Balaban J connectivity index is 1.52. The van der Waals surface area contributed by atoms with Crippen molar-refractivity contribution >= 4 is 5.65 Å². The second-order valence-corrected chi connectivity index (χ2v) is 8.60. The van der Waals surface area contributed by atoms with Crippen molar-refractivity contribution < 1.29 is 8.78 Å². The third kappa shape index (κ3) is 3.84. The highest BCUT2D eigenvalue weighted by Gasteiger charge is 2.48. The Hall–Kier alpha value is -3.65. The van der Waals surface area contributed by atoms with Gasteiger partial charge in [0.1, 0.15) is 36.8 Å². The van der Waals surface area contributed by atoms with E-state index >= 15 is 0 Å². The van der Waals surface area contributed by atoms with E-state index < -0.39 is 24.9 Å². The highest BCUT2D eigenvalue weighted by molar-refractivity contribution is 5.68. The summed E-state index contributed by atoms with van der Waals surface area (Å²) in [6.45, 7) is 2.09. The predicted octanol–water partition coefficient (Wildman–Crippen LogP) is 3.05. The molecule has 0 aromatic carbocycles. The molecule has 0 bridgehead atoms. The molecule has 0 aliphatic carbocycles. The average Bonchev–Trinajstić information content (AvgIpc) is 3.57. The summed E-state index contributed by atoms with van der Waals surface area (Å²) in [7, 11) is 1.86. The number of likely N-dealkylation sites (tertiary alicyclic amines) is 1. The normalized spacial score (nSPS) is 15.4. The van der Waals surface area contributed by atoms with Gasteiger partial charge in [0.2, 0.25) is 0 Å². The number of fused-ring (bicyclic) bond motifs is 1. The molecule has 0 amide bonds. The van der Waals surface area contributed by atoms with Crippen molar-refractivity contribution in [3.05, 3.63) is 48.1 Å². The number of rotatable bonds is 7. The number of hydrogen-bond donors (Lipinski definition) is 0. The first-order valence-electron chi connectivity index (χ1n) is 11.2. The van der Waals surface area contributed by atoms with E-state index in [1.807, 2.05) is 52.6 Å². The molecule has 4 aromatic rings. The fraction of sp³-hybridized carbons (Fsp3) is 0.435. The second kappa shape index (κ2) is 8.95. The summed E-state index contributed by atoms with van der Waals surface area (Å²) < 4.78 is 32.0. The summed E-state index contributed by atoms with van der Waals surface area (Å²) in [6, 6.07) is 4.28. The lowest BCUT2D eigenvalue weighted by atomic mass is 9.85. The first-order valence-corrected chi connectivity index (χ1v) is 11.2. The van der Waals surface area contributed by atoms with E-state index in [1.54, 1.807) is 23.3 Å². The SMILES string of the molecule is CC[N+]#CCC1(n2cc(-c3nc(-c4cnn(C)c4)cc4nccn34)cn2)CN(C(CF)CF)C1. The van der Waals surface area contributed by atoms with E-state index in [1.165, 1.54) is 0 Å². The maximum atomic E-state index is 13.3. The number of halogens is 2. The minimum absolute atomic E-state index is 0.464. The van der Waals surface area contributed by atoms with Crippen LogP contribution in [0.2, 0.25) is 0 Å². The molecule has 0 unspecified atom stereocenters. The minimum Gasteiger partial charge on any atom is -0.290 e. The van der Waals surface area contributed by atoms with Gasteiger partial charge in [-0.15, -0.1) is 0 Å². The average molecular weight is 467 g/mol. The number of alkyl halides is 2. The van der Waals surface area contributed by atoms with Crippen molar-refractivity contribution in [2.45, 2.75) is 24.9 Å². The van der Waals surface area contributed by atoms with E-state index in [9.17, 15) is 8.78 Å². The third-order valence-corrected chi connectivity index (χ3v) is 6.26. The van der Waals surface area contributed by atoms with Crippen LogP contribution in [0, 0.1) is 6.07 Å². The monoisotopic (exact) mass is 466 g/mol. The van der Waals surface area contributed by atoms with Gasteiger partial charge in [0.15, 0.2) is 0 Å². The van der Waals surface area contributed by atoms with E-state index in [2.05, 4.69) is 26.1 Å². The first kappa shape index (κ1) is 22.2. The Labute approximate surface area is 195 Å². The van der Waals surface area contributed by atoms with Crippen molar-refractivity contribution in [2.24, 2.45) is 7.05 Å². The van der Waals surface area contributed by atoms with Crippen LogP contribution in [0.4, 0.5) is 8.78 Å². The Bertz CT molecular complexity index is 1350. The zero-order valence-electron chi connectivity index (χ0n) is 19.1. The van der Waals surface area contributed by atoms with E-state index in [4.69, 9.17) is 4.98 Å². The lowest BCUT2D eigenvalue weighted by Crippen LogP contribution is -2.66. The second-order valence-electron chi connectivity index (χ2n) is 8.60. The van der Waals surface area contributed by atoms with Gasteiger partial charge < -0.3 is 0 Å². The molecule has 1 aliphatic rings. The molecule has 0 atom stereocenters. The van der Waals surface area contributed by atoms with Gasteiger partial charge >= 0.3 is 0 Å². The minimum atomic E-state index is -0.727. The molecular formula is C23H26F2N9+. The molecule has 9 nitrogen and oxygen atoms in total. The molecule has 4 aromatic heterocycles. The number of nitrogens with zero attached hydrogens (tertiary/aromatic N) is 9.